The lowest BCUT2D eigenvalue weighted by Crippen LogP contribution is -2.27. The number of nitrogens with one attached hydrogen (secondary N) is 1. The Labute approximate surface area is 168 Å². The zero-order valence-corrected chi connectivity index (χ0v) is 17.9. The number of ether oxygens (including phenoxy) is 1. The van der Waals surface area contributed by atoms with Gasteiger partial charge in [-0.15, -0.1) is 0 Å². The summed E-state index contributed by atoms with van der Waals surface area (Å²) >= 11 is 0. The van der Waals surface area contributed by atoms with Gasteiger partial charge in [0.1, 0.15) is 11.5 Å². The number of phosphoric acid groups is 1. The van der Waals surface area contributed by atoms with Crippen LogP contribution in [0.25, 0.3) is 0 Å². The van der Waals surface area contributed by atoms with Crippen LogP contribution < -0.4 is 19.5 Å². The standard InChI is InChI=1S/C20H34NO6P/c1-3-5-7-8-9-13-20(22)21-14-16-26-28(23,24)27-19-12-10-11-18(17-19)25-15-6-4-2/h10-12,17H,3-9,13-16H2,1-2H3,(H,21,22)(H,23,24)/p-1. The average molecular weight is 414 g/mol. The van der Waals surface area contributed by atoms with Crippen LogP contribution in [0, 0.1) is 0 Å². The maximum Gasteiger partial charge on any atom is 0.319 e. The van der Waals surface area contributed by atoms with Crippen molar-refractivity contribution in [1.82, 2.24) is 5.32 Å². The quantitative estimate of drug-likeness (QED) is 0.322. The molecular weight excluding hydrogens is 381 g/mol. The van der Waals surface area contributed by atoms with E-state index in [1.54, 1.807) is 12.1 Å². The number of unbranched alkanes of at least 4 members (excludes halogenated alkanes) is 5. The molecule has 0 saturated carbocycles. The van der Waals surface area contributed by atoms with Crippen molar-refractivity contribution in [3.63, 3.8) is 0 Å². The minimum absolute atomic E-state index is 0.0984. The summed E-state index contributed by atoms with van der Waals surface area (Å²) in [5.74, 6) is 0.569. The van der Waals surface area contributed by atoms with E-state index in [1.165, 1.54) is 18.6 Å². The fraction of sp³-hybridized carbons (Fsp3) is 0.650. The van der Waals surface area contributed by atoms with Gasteiger partial charge in [0.05, 0.1) is 13.2 Å². The Hall–Kier alpha value is -1.56. The number of phosphoric ester groups is 1. The van der Waals surface area contributed by atoms with Crippen LogP contribution >= 0.6 is 7.82 Å². The van der Waals surface area contributed by atoms with Gasteiger partial charge in [0, 0.05) is 19.0 Å². The summed E-state index contributed by atoms with van der Waals surface area (Å²) in [7, 11) is -4.52. The van der Waals surface area contributed by atoms with E-state index in [9.17, 15) is 14.3 Å². The molecule has 7 nitrogen and oxygen atoms in total. The molecule has 0 aliphatic heterocycles. The highest BCUT2D eigenvalue weighted by Gasteiger charge is 2.12. The van der Waals surface area contributed by atoms with E-state index in [4.69, 9.17) is 13.8 Å². The highest BCUT2D eigenvalue weighted by Crippen LogP contribution is 2.40. The molecule has 0 aliphatic carbocycles. The number of rotatable bonds is 16. The van der Waals surface area contributed by atoms with Gasteiger partial charge in [-0.1, -0.05) is 52.0 Å². The van der Waals surface area contributed by atoms with Gasteiger partial charge in [0.2, 0.25) is 5.91 Å². The smallest absolute Gasteiger partial charge is 0.319 e. The second-order valence-corrected chi connectivity index (χ2v) is 7.90. The second-order valence-electron chi connectivity index (χ2n) is 6.56. The van der Waals surface area contributed by atoms with Gasteiger partial charge in [-0.25, -0.2) is 0 Å². The van der Waals surface area contributed by atoms with E-state index in [0.29, 0.717) is 18.8 Å². The van der Waals surface area contributed by atoms with Gasteiger partial charge >= 0.3 is 7.82 Å². The molecule has 28 heavy (non-hydrogen) atoms. The molecule has 0 aromatic heterocycles. The summed E-state index contributed by atoms with van der Waals surface area (Å²) < 4.78 is 27.2. The number of carbonyl (C=O) groups excluding carboxylic acids is 1. The first kappa shape index (κ1) is 24.5. The van der Waals surface area contributed by atoms with E-state index in [0.717, 1.165) is 38.5 Å². The SMILES string of the molecule is CCCCCCCC(=O)NCCOP(=O)([O-])Oc1cccc(OCCCC)c1. The first-order valence-electron chi connectivity index (χ1n) is 10.1. The Kier molecular flexibility index (Phi) is 12.6. The molecule has 1 rings (SSSR count). The van der Waals surface area contributed by atoms with Crippen LogP contribution in [0.5, 0.6) is 11.5 Å². The van der Waals surface area contributed by atoms with Gasteiger partial charge in [-0.2, -0.15) is 0 Å². The Balaban J connectivity index is 2.26. The second kappa shape index (κ2) is 14.4. The molecule has 1 atom stereocenters. The van der Waals surface area contributed by atoms with Gasteiger partial charge in [-0.3, -0.25) is 9.36 Å². The summed E-state index contributed by atoms with van der Waals surface area (Å²) in [4.78, 5) is 23.6. The van der Waals surface area contributed by atoms with E-state index >= 15 is 0 Å². The number of hydrogen-bond donors (Lipinski definition) is 1. The van der Waals surface area contributed by atoms with Crippen LogP contribution in [0.1, 0.15) is 65.2 Å². The third-order valence-corrected chi connectivity index (χ3v) is 4.90. The predicted octanol–water partition coefficient (Wildman–Crippen LogP) is 4.21. The first-order chi connectivity index (χ1) is 13.5. The summed E-state index contributed by atoms with van der Waals surface area (Å²) in [5, 5.41) is 2.65. The van der Waals surface area contributed by atoms with E-state index in [2.05, 4.69) is 19.2 Å². The lowest BCUT2D eigenvalue weighted by atomic mass is 10.1. The molecule has 0 saturated heterocycles. The largest absolute Gasteiger partial charge is 0.746 e. The van der Waals surface area contributed by atoms with Crippen molar-refractivity contribution >= 4 is 13.7 Å². The lowest BCUT2D eigenvalue weighted by molar-refractivity contribution is -0.216. The topological polar surface area (TPSA) is 96.9 Å². The van der Waals surface area contributed by atoms with E-state index in [-0.39, 0.29) is 24.8 Å². The highest BCUT2D eigenvalue weighted by atomic mass is 31.2. The normalized spacial score (nSPS) is 13.0. The Morgan fingerprint density at radius 1 is 1.04 bits per heavy atom. The Bertz CT molecular complexity index is 610. The molecule has 1 unspecified atom stereocenters. The average Bonchev–Trinajstić information content (AvgIpc) is 2.65. The molecule has 1 amide bonds. The molecule has 0 fully saturated rings. The molecule has 1 aromatic carbocycles. The van der Waals surface area contributed by atoms with Crippen molar-refractivity contribution in [2.24, 2.45) is 0 Å². The zero-order chi connectivity index (χ0) is 20.7. The van der Waals surface area contributed by atoms with Crippen LogP contribution in [0.3, 0.4) is 0 Å². The maximum absolute atomic E-state index is 11.9. The number of carbonyl (C=O) groups is 1. The fourth-order valence-electron chi connectivity index (χ4n) is 2.44. The summed E-state index contributed by atoms with van der Waals surface area (Å²) in [6.07, 6.45) is 7.72. The van der Waals surface area contributed by atoms with Crippen molar-refractivity contribution < 1.29 is 28.0 Å². The van der Waals surface area contributed by atoms with Gasteiger partial charge in [-0.05, 0) is 25.0 Å². The highest BCUT2D eigenvalue weighted by molar-refractivity contribution is 7.46. The van der Waals surface area contributed by atoms with Crippen LogP contribution in [0.2, 0.25) is 0 Å². The first-order valence-corrected chi connectivity index (χ1v) is 11.6. The third-order valence-electron chi connectivity index (χ3n) is 3.97. The fourth-order valence-corrected chi connectivity index (χ4v) is 3.18. The molecule has 1 N–H and O–H groups in total. The lowest BCUT2D eigenvalue weighted by Gasteiger charge is -2.23. The third kappa shape index (κ3) is 12.0. The van der Waals surface area contributed by atoms with E-state index in [1.807, 2.05) is 0 Å². The van der Waals surface area contributed by atoms with Gasteiger partial charge in [0.25, 0.3) is 0 Å². The van der Waals surface area contributed by atoms with E-state index < -0.39 is 7.82 Å². The van der Waals surface area contributed by atoms with Crippen molar-refractivity contribution in [3.8, 4) is 11.5 Å². The summed E-state index contributed by atoms with van der Waals surface area (Å²) in [6.45, 7) is 4.70. The number of hydrogen-bond acceptors (Lipinski definition) is 6. The molecule has 160 valence electrons. The molecule has 0 spiro atoms. The predicted molar refractivity (Wildman–Crippen MR) is 107 cm³/mol. The van der Waals surface area contributed by atoms with Crippen LogP contribution in [0.15, 0.2) is 24.3 Å². The molecule has 8 heteroatoms. The maximum atomic E-state index is 11.9. The molecule has 0 radical (unpaired) electrons. The van der Waals surface area contributed by atoms with Crippen LogP contribution in [-0.4, -0.2) is 25.7 Å². The van der Waals surface area contributed by atoms with Crippen LogP contribution in [-0.2, 0) is 13.9 Å². The van der Waals surface area contributed by atoms with Gasteiger partial charge in [0.15, 0.2) is 0 Å². The zero-order valence-electron chi connectivity index (χ0n) is 17.0. The van der Waals surface area contributed by atoms with Crippen molar-refractivity contribution in [3.05, 3.63) is 24.3 Å². The Morgan fingerprint density at radius 3 is 2.50 bits per heavy atom. The molecule has 1 aromatic rings. The van der Waals surface area contributed by atoms with Crippen molar-refractivity contribution in [2.45, 2.75) is 65.2 Å². The molecule has 0 aliphatic rings. The molecular formula is C20H33NO6P-. The number of amides is 1. The molecule has 0 heterocycles. The minimum Gasteiger partial charge on any atom is -0.746 e. The van der Waals surface area contributed by atoms with Gasteiger partial charge < -0.3 is 24.0 Å². The van der Waals surface area contributed by atoms with Crippen molar-refractivity contribution in [1.29, 1.82) is 0 Å². The molecule has 0 bridgehead atoms. The van der Waals surface area contributed by atoms with Crippen LogP contribution in [0.4, 0.5) is 0 Å². The Morgan fingerprint density at radius 2 is 1.75 bits per heavy atom. The summed E-state index contributed by atoms with van der Waals surface area (Å²) in [5.41, 5.74) is 0. The summed E-state index contributed by atoms with van der Waals surface area (Å²) in [6, 6.07) is 6.40. The van der Waals surface area contributed by atoms with Crippen molar-refractivity contribution in [2.75, 3.05) is 19.8 Å². The number of benzene rings is 1. The minimum atomic E-state index is -4.52. The monoisotopic (exact) mass is 414 g/mol.